The van der Waals surface area contributed by atoms with Crippen LogP contribution >= 0.6 is 11.8 Å². The number of para-hydroxylation sites is 1. The van der Waals surface area contributed by atoms with Crippen molar-refractivity contribution in [3.8, 4) is 11.5 Å². The van der Waals surface area contributed by atoms with Crippen LogP contribution in [0.3, 0.4) is 0 Å². The molecule has 1 unspecified atom stereocenters. The molecule has 2 N–H and O–H groups in total. The summed E-state index contributed by atoms with van der Waals surface area (Å²) in [5.41, 5.74) is 0.242. The summed E-state index contributed by atoms with van der Waals surface area (Å²) in [7, 11) is 1.46. The molecule has 18 heavy (non-hydrogen) atoms. The largest absolute Gasteiger partial charge is 0.504 e. The van der Waals surface area contributed by atoms with Crippen molar-refractivity contribution in [3.63, 3.8) is 0 Å². The molecule has 1 aromatic rings. The third kappa shape index (κ3) is 3.84. The van der Waals surface area contributed by atoms with Gasteiger partial charge in [-0.2, -0.15) is 11.8 Å². The second kappa shape index (κ2) is 7.16. The van der Waals surface area contributed by atoms with Gasteiger partial charge in [0.2, 0.25) is 0 Å². The van der Waals surface area contributed by atoms with Gasteiger partial charge in [0.1, 0.15) is 0 Å². The fraction of sp³-hybridized carbons (Fsp3) is 0.462. The molecule has 4 nitrogen and oxygen atoms in total. The summed E-state index contributed by atoms with van der Waals surface area (Å²) in [4.78, 5) is 11.9. The lowest BCUT2D eigenvalue weighted by Gasteiger charge is -2.11. The Morgan fingerprint density at radius 2 is 2.28 bits per heavy atom. The zero-order valence-corrected chi connectivity index (χ0v) is 11.7. The Morgan fingerprint density at radius 3 is 2.89 bits per heavy atom. The molecule has 0 aliphatic rings. The first kappa shape index (κ1) is 14.7. The zero-order chi connectivity index (χ0) is 13.5. The molecule has 0 saturated carbocycles. The summed E-state index contributed by atoms with van der Waals surface area (Å²) in [6.45, 7) is 2.71. The first-order valence-corrected chi connectivity index (χ1v) is 7.06. The van der Waals surface area contributed by atoms with Gasteiger partial charge in [-0.25, -0.2) is 0 Å². The van der Waals surface area contributed by atoms with Crippen LogP contribution in [0.15, 0.2) is 18.2 Å². The van der Waals surface area contributed by atoms with Gasteiger partial charge in [-0.1, -0.05) is 13.0 Å². The molecule has 0 fully saturated rings. The third-order valence-corrected chi connectivity index (χ3v) is 3.74. The summed E-state index contributed by atoms with van der Waals surface area (Å²) < 4.78 is 4.96. The number of thioether (sulfide) groups is 1. The van der Waals surface area contributed by atoms with E-state index in [4.69, 9.17) is 4.74 Å². The molecule has 1 rings (SSSR count). The third-order valence-electron chi connectivity index (χ3n) is 2.70. The van der Waals surface area contributed by atoms with Crippen molar-refractivity contribution in [1.82, 2.24) is 5.32 Å². The highest BCUT2D eigenvalue weighted by Crippen LogP contribution is 2.29. The molecule has 0 spiro atoms. The Labute approximate surface area is 112 Å². The number of hydrogen-bond acceptors (Lipinski definition) is 4. The standard InChI is InChI=1S/C13H19NO3S/c1-9(18-3)7-8-14-13(16)10-5-4-6-11(17-2)12(10)15/h4-6,9,15H,7-8H2,1-3H3,(H,14,16). The van der Waals surface area contributed by atoms with Crippen LogP contribution in [-0.4, -0.2) is 36.2 Å². The average Bonchev–Trinajstić information content (AvgIpc) is 2.38. The molecule has 5 heteroatoms. The minimum Gasteiger partial charge on any atom is -0.504 e. The van der Waals surface area contributed by atoms with Gasteiger partial charge in [-0.3, -0.25) is 4.79 Å². The van der Waals surface area contributed by atoms with Crippen LogP contribution in [0.5, 0.6) is 11.5 Å². The topological polar surface area (TPSA) is 58.6 Å². The Morgan fingerprint density at radius 1 is 1.56 bits per heavy atom. The fourth-order valence-corrected chi connectivity index (χ4v) is 1.83. The van der Waals surface area contributed by atoms with Crippen LogP contribution in [0.2, 0.25) is 0 Å². The van der Waals surface area contributed by atoms with Gasteiger partial charge >= 0.3 is 0 Å². The molecule has 1 atom stereocenters. The van der Waals surface area contributed by atoms with Gasteiger partial charge in [0.05, 0.1) is 12.7 Å². The number of amides is 1. The van der Waals surface area contributed by atoms with Gasteiger partial charge in [-0.05, 0) is 24.8 Å². The van der Waals surface area contributed by atoms with E-state index in [2.05, 4.69) is 12.2 Å². The molecular formula is C13H19NO3S. The lowest BCUT2D eigenvalue weighted by atomic mass is 10.1. The van der Waals surface area contributed by atoms with Crippen molar-refractivity contribution in [2.45, 2.75) is 18.6 Å². The fourth-order valence-electron chi connectivity index (χ4n) is 1.47. The van der Waals surface area contributed by atoms with Gasteiger partial charge in [0.25, 0.3) is 5.91 Å². The van der Waals surface area contributed by atoms with Crippen molar-refractivity contribution in [2.75, 3.05) is 19.9 Å². The molecule has 100 valence electrons. The first-order chi connectivity index (χ1) is 8.60. The minimum absolute atomic E-state index is 0.115. The van der Waals surface area contributed by atoms with Crippen molar-refractivity contribution < 1.29 is 14.6 Å². The lowest BCUT2D eigenvalue weighted by molar-refractivity contribution is 0.0950. The number of hydrogen-bond donors (Lipinski definition) is 2. The molecule has 0 aromatic heterocycles. The lowest BCUT2D eigenvalue weighted by Crippen LogP contribution is -2.26. The highest BCUT2D eigenvalue weighted by atomic mass is 32.2. The van der Waals surface area contributed by atoms with Crippen molar-refractivity contribution in [1.29, 1.82) is 0 Å². The summed E-state index contributed by atoms with van der Waals surface area (Å²) in [5.74, 6) is -0.0877. The van der Waals surface area contributed by atoms with E-state index in [1.54, 1.807) is 30.0 Å². The molecule has 0 radical (unpaired) electrons. The Kier molecular flexibility index (Phi) is 5.85. The molecule has 0 aliphatic heterocycles. The van der Waals surface area contributed by atoms with E-state index in [1.807, 2.05) is 6.26 Å². The minimum atomic E-state index is -0.278. The van der Waals surface area contributed by atoms with E-state index in [9.17, 15) is 9.90 Å². The molecule has 0 saturated heterocycles. The maximum absolute atomic E-state index is 11.9. The summed E-state index contributed by atoms with van der Waals surface area (Å²) in [6.07, 6.45) is 2.94. The van der Waals surface area contributed by atoms with Crippen molar-refractivity contribution in [3.05, 3.63) is 23.8 Å². The van der Waals surface area contributed by atoms with Gasteiger partial charge < -0.3 is 15.2 Å². The zero-order valence-electron chi connectivity index (χ0n) is 10.9. The van der Waals surface area contributed by atoms with Gasteiger partial charge in [-0.15, -0.1) is 0 Å². The summed E-state index contributed by atoms with van der Waals surface area (Å²) in [6, 6.07) is 4.87. The number of phenols is 1. The van der Waals surface area contributed by atoms with Crippen LogP contribution in [0.1, 0.15) is 23.7 Å². The van der Waals surface area contributed by atoms with Gasteiger partial charge in [0.15, 0.2) is 11.5 Å². The summed E-state index contributed by atoms with van der Waals surface area (Å²) in [5, 5.41) is 13.1. The highest BCUT2D eigenvalue weighted by Gasteiger charge is 2.14. The number of ether oxygens (including phenoxy) is 1. The number of methoxy groups -OCH3 is 1. The number of phenolic OH excluding ortho intramolecular Hbond substituents is 1. The van der Waals surface area contributed by atoms with E-state index in [1.165, 1.54) is 7.11 Å². The molecule has 1 aromatic carbocycles. The molecule has 0 aliphatic carbocycles. The second-order valence-corrected chi connectivity index (χ2v) is 5.22. The van der Waals surface area contributed by atoms with Gasteiger partial charge in [0, 0.05) is 11.8 Å². The SMILES string of the molecule is COc1cccc(C(=O)NCCC(C)SC)c1O. The molecule has 1 amide bonds. The van der Waals surface area contributed by atoms with E-state index >= 15 is 0 Å². The first-order valence-electron chi connectivity index (χ1n) is 5.77. The van der Waals surface area contributed by atoms with Crippen LogP contribution < -0.4 is 10.1 Å². The van der Waals surface area contributed by atoms with E-state index in [-0.39, 0.29) is 17.2 Å². The van der Waals surface area contributed by atoms with Crippen LogP contribution in [0, 0.1) is 0 Å². The summed E-state index contributed by atoms with van der Waals surface area (Å²) >= 11 is 1.76. The Balaban J connectivity index is 2.62. The maximum Gasteiger partial charge on any atom is 0.255 e. The maximum atomic E-state index is 11.9. The number of aromatic hydroxyl groups is 1. The quantitative estimate of drug-likeness (QED) is 0.832. The van der Waals surface area contributed by atoms with Crippen molar-refractivity contribution in [2.24, 2.45) is 0 Å². The normalized spacial score (nSPS) is 11.9. The smallest absolute Gasteiger partial charge is 0.255 e. The number of benzene rings is 1. The average molecular weight is 269 g/mol. The number of carbonyl (C=O) groups excluding carboxylic acids is 1. The van der Waals surface area contributed by atoms with Crippen molar-refractivity contribution >= 4 is 17.7 Å². The van der Waals surface area contributed by atoms with E-state index < -0.39 is 0 Å². The number of carbonyl (C=O) groups is 1. The predicted molar refractivity (Wildman–Crippen MR) is 74.6 cm³/mol. The molecule has 0 heterocycles. The number of nitrogens with one attached hydrogen (secondary N) is 1. The monoisotopic (exact) mass is 269 g/mol. The van der Waals surface area contributed by atoms with Crippen LogP contribution in [-0.2, 0) is 0 Å². The highest BCUT2D eigenvalue weighted by molar-refractivity contribution is 7.99. The van der Waals surface area contributed by atoms with Crippen LogP contribution in [0.4, 0.5) is 0 Å². The second-order valence-electron chi connectivity index (χ2n) is 3.95. The number of rotatable bonds is 6. The van der Waals surface area contributed by atoms with Crippen LogP contribution in [0.25, 0.3) is 0 Å². The Bertz CT molecular complexity index is 409. The Hall–Kier alpha value is -1.36. The molecule has 0 bridgehead atoms. The molecular weight excluding hydrogens is 250 g/mol. The van der Waals surface area contributed by atoms with E-state index in [0.29, 0.717) is 17.5 Å². The predicted octanol–water partition coefficient (Wildman–Crippen LogP) is 2.27. The van der Waals surface area contributed by atoms with E-state index in [0.717, 1.165) is 6.42 Å².